The molecule has 0 radical (unpaired) electrons. The predicted octanol–water partition coefficient (Wildman–Crippen LogP) is 2.34. The van der Waals surface area contributed by atoms with Gasteiger partial charge in [0.2, 0.25) is 0 Å². The van der Waals surface area contributed by atoms with Gasteiger partial charge in [0.25, 0.3) is 11.8 Å². The molecule has 3 rings (SSSR count). The monoisotopic (exact) mass is 343 g/mol. The van der Waals surface area contributed by atoms with Crippen LogP contribution in [0.25, 0.3) is 0 Å². The van der Waals surface area contributed by atoms with Crippen LogP contribution in [0, 0.1) is 0 Å². The summed E-state index contributed by atoms with van der Waals surface area (Å²) >= 11 is 1.24. The zero-order valence-corrected chi connectivity index (χ0v) is 13.9. The molecule has 1 aliphatic rings. The molecule has 0 aliphatic carbocycles. The maximum Gasteiger partial charge on any atom is 0.344 e. The van der Waals surface area contributed by atoms with Crippen LogP contribution >= 0.6 is 11.3 Å². The maximum absolute atomic E-state index is 12.6. The van der Waals surface area contributed by atoms with Crippen LogP contribution in [0.1, 0.15) is 28.6 Å². The van der Waals surface area contributed by atoms with Crippen molar-refractivity contribution in [2.75, 3.05) is 0 Å². The first kappa shape index (κ1) is 16.2. The number of hydrazine groups is 1. The number of carbonyl (C=O) groups is 3. The van der Waals surface area contributed by atoms with Gasteiger partial charge < -0.3 is 5.32 Å². The lowest BCUT2D eigenvalue weighted by atomic mass is 9.93. The van der Waals surface area contributed by atoms with Crippen molar-refractivity contribution < 1.29 is 14.4 Å². The molecule has 1 aromatic carbocycles. The number of carbonyl (C=O) groups excluding carboxylic acids is 3. The number of nitrogens with one attached hydrogen (secondary N) is 2. The van der Waals surface area contributed by atoms with Crippen LogP contribution in [0.5, 0.6) is 0 Å². The number of thiophene rings is 1. The van der Waals surface area contributed by atoms with Crippen molar-refractivity contribution >= 4 is 29.2 Å². The van der Waals surface area contributed by atoms with Crippen molar-refractivity contribution in [1.29, 1.82) is 0 Å². The van der Waals surface area contributed by atoms with Crippen LogP contribution in [0.4, 0.5) is 4.79 Å². The van der Waals surface area contributed by atoms with Crippen molar-refractivity contribution in [2.45, 2.75) is 25.3 Å². The van der Waals surface area contributed by atoms with E-state index in [0.717, 1.165) is 10.6 Å². The third-order valence-electron chi connectivity index (χ3n) is 3.98. The second-order valence-corrected chi connectivity index (χ2v) is 6.75. The average Bonchev–Trinajstić information content (AvgIpc) is 3.18. The molecule has 7 heteroatoms. The number of hydrogen-bond donors (Lipinski definition) is 2. The van der Waals surface area contributed by atoms with Crippen molar-refractivity contribution in [1.82, 2.24) is 15.8 Å². The molecule has 2 aromatic rings. The minimum atomic E-state index is -1.03. The van der Waals surface area contributed by atoms with E-state index < -0.39 is 23.4 Å². The van der Waals surface area contributed by atoms with Gasteiger partial charge in [-0.25, -0.2) is 4.79 Å². The Morgan fingerprint density at radius 3 is 2.62 bits per heavy atom. The first-order chi connectivity index (χ1) is 11.5. The summed E-state index contributed by atoms with van der Waals surface area (Å²) in [7, 11) is 0. The third-order valence-corrected chi connectivity index (χ3v) is 4.84. The summed E-state index contributed by atoms with van der Waals surface area (Å²) in [6, 6.07) is 12.5. The fraction of sp³-hybridized carbons (Fsp3) is 0.235. The molecular weight excluding hydrogens is 326 g/mol. The SMILES string of the molecule is CC1(CCc2ccccc2)NC(=O)N(NC(=O)c2cccs2)C1=O. The maximum atomic E-state index is 12.6. The fourth-order valence-corrected chi connectivity index (χ4v) is 3.17. The Hall–Kier alpha value is -2.67. The fourth-order valence-electron chi connectivity index (χ4n) is 2.56. The number of urea groups is 1. The second-order valence-electron chi connectivity index (χ2n) is 5.81. The lowest BCUT2D eigenvalue weighted by Crippen LogP contribution is -2.48. The molecule has 2 heterocycles. The van der Waals surface area contributed by atoms with Gasteiger partial charge in [0.1, 0.15) is 5.54 Å². The van der Waals surface area contributed by atoms with Crippen LogP contribution in [0.3, 0.4) is 0 Å². The summed E-state index contributed by atoms with van der Waals surface area (Å²) in [5.41, 5.74) is 2.43. The van der Waals surface area contributed by atoms with Crippen LogP contribution in [-0.4, -0.2) is 28.4 Å². The van der Waals surface area contributed by atoms with E-state index in [9.17, 15) is 14.4 Å². The van der Waals surface area contributed by atoms with Crippen molar-refractivity contribution in [2.24, 2.45) is 0 Å². The van der Waals surface area contributed by atoms with Crippen LogP contribution in [-0.2, 0) is 11.2 Å². The smallest absolute Gasteiger partial charge is 0.322 e. The predicted molar refractivity (Wildman–Crippen MR) is 90.3 cm³/mol. The van der Waals surface area contributed by atoms with Gasteiger partial charge in [-0.3, -0.25) is 15.0 Å². The molecule has 1 aliphatic heterocycles. The van der Waals surface area contributed by atoms with Gasteiger partial charge in [0, 0.05) is 0 Å². The molecule has 1 unspecified atom stereocenters. The van der Waals surface area contributed by atoms with E-state index >= 15 is 0 Å². The Kier molecular flexibility index (Phi) is 4.35. The minimum Gasteiger partial charge on any atom is -0.322 e. The second kappa shape index (κ2) is 6.45. The molecule has 6 nitrogen and oxygen atoms in total. The van der Waals surface area contributed by atoms with Crippen LogP contribution < -0.4 is 10.7 Å². The minimum absolute atomic E-state index is 0.438. The first-order valence-corrected chi connectivity index (χ1v) is 8.43. The molecule has 0 spiro atoms. The van der Waals surface area contributed by atoms with E-state index in [1.807, 2.05) is 30.3 Å². The van der Waals surface area contributed by atoms with Crippen LogP contribution in [0.15, 0.2) is 47.8 Å². The lowest BCUT2D eigenvalue weighted by Gasteiger charge is -2.21. The largest absolute Gasteiger partial charge is 0.344 e. The van der Waals surface area contributed by atoms with E-state index in [1.54, 1.807) is 24.4 Å². The number of hydrogen-bond acceptors (Lipinski definition) is 4. The number of benzene rings is 1. The number of amides is 4. The van der Waals surface area contributed by atoms with Crippen molar-refractivity contribution in [3.63, 3.8) is 0 Å². The molecule has 1 aromatic heterocycles. The van der Waals surface area contributed by atoms with Gasteiger partial charge in [-0.05, 0) is 36.8 Å². The van der Waals surface area contributed by atoms with Gasteiger partial charge in [-0.15, -0.1) is 11.3 Å². The van der Waals surface area contributed by atoms with Gasteiger partial charge in [0.05, 0.1) is 4.88 Å². The highest BCUT2D eigenvalue weighted by molar-refractivity contribution is 7.12. The summed E-state index contributed by atoms with van der Waals surface area (Å²) < 4.78 is 0. The third kappa shape index (κ3) is 3.16. The molecule has 1 fully saturated rings. The molecule has 124 valence electrons. The number of aryl methyl sites for hydroxylation is 1. The Bertz CT molecular complexity index is 761. The average molecular weight is 343 g/mol. The topological polar surface area (TPSA) is 78.5 Å². The molecule has 0 bridgehead atoms. The number of rotatable bonds is 5. The number of nitrogens with zero attached hydrogens (tertiary/aromatic N) is 1. The molecule has 1 atom stereocenters. The highest BCUT2D eigenvalue weighted by Crippen LogP contribution is 2.22. The Labute approximate surface area is 143 Å². The summed E-state index contributed by atoms with van der Waals surface area (Å²) in [6.07, 6.45) is 1.10. The summed E-state index contributed by atoms with van der Waals surface area (Å²) in [5.74, 6) is -0.922. The van der Waals surface area contributed by atoms with E-state index in [0.29, 0.717) is 17.7 Å². The van der Waals surface area contributed by atoms with Gasteiger partial charge in [-0.2, -0.15) is 5.01 Å². The molecule has 4 amide bonds. The zero-order valence-electron chi connectivity index (χ0n) is 13.1. The van der Waals surface area contributed by atoms with Crippen molar-refractivity contribution in [3.8, 4) is 0 Å². The molecule has 24 heavy (non-hydrogen) atoms. The zero-order chi connectivity index (χ0) is 17.2. The van der Waals surface area contributed by atoms with Crippen LogP contribution in [0.2, 0.25) is 0 Å². The van der Waals surface area contributed by atoms with Gasteiger partial charge in [0.15, 0.2) is 0 Å². The lowest BCUT2D eigenvalue weighted by molar-refractivity contribution is -0.132. The summed E-state index contributed by atoms with van der Waals surface area (Å²) in [4.78, 5) is 37.2. The van der Waals surface area contributed by atoms with E-state index in [1.165, 1.54) is 11.3 Å². The molecule has 2 N–H and O–H groups in total. The van der Waals surface area contributed by atoms with E-state index in [2.05, 4.69) is 10.7 Å². The van der Waals surface area contributed by atoms with E-state index in [-0.39, 0.29) is 0 Å². The highest BCUT2D eigenvalue weighted by atomic mass is 32.1. The summed E-state index contributed by atoms with van der Waals surface area (Å²) in [5, 5.41) is 5.20. The van der Waals surface area contributed by atoms with Gasteiger partial charge in [-0.1, -0.05) is 36.4 Å². The Morgan fingerprint density at radius 2 is 1.96 bits per heavy atom. The molecular formula is C17H17N3O3S. The Balaban J connectivity index is 1.67. The molecule has 1 saturated heterocycles. The summed E-state index contributed by atoms with van der Waals surface area (Å²) in [6.45, 7) is 1.67. The first-order valence-electron chi connectivity index (χ1n) is 7.55. The quantitative estimate of drug-likeness (QED) is 0.818. The van der Waals surface area contributed by atoms with Gasteiger partial charge >= 0.3 is 6.03 Å². The Morgan fingerprint density at radius 1 is 1.21 bits per heavy atom. The van der Waals surface area contributed by atoms with Crippen molar-refractivity contribution in [3.05, 3.63) is 58.3 Å². The standard InChI is InChI=1S/C17H17N3O3S/c1-17(10-9-12-6-3-2-4-7-12)15(22)20(16(23)18-17)19-14(21)13-8-5-11-24-13/h2-8,11H,9-10H2,1H3,(H,18,23)(H,19,21). The number of imide groups is 1. The molecule has 0 saturated carbocycles. The highest BCUT2D eigenvalue weighted by Gasteiger charge is 2.48. The van der Waals surface area contributed by atoms with E-state index in [4.69, 9.17) is 0 Å². The normalized spacial score (nSPS) is 20.1.